The lowest BCUT2D eigenvalue weighted by atomic mass is 9.79. The van der Waals surface area contributed by atoms with Crippen molar-refractivity contribution < 1.29 is 4.74 Å². The Labute approximate surface area is 130 Å². The van der Waals surface area contributed by atoms with Crippen molar-refractivity contribution in [2.24, 2.45) is 5.92 Å². The van der Waals surface area contributed by atoms with E-state index in [9.17, 15) is 0 Å². The third-order valence-electron chi connectivity index (χ3n) is 4.85. The van der Waals surface area contributed by atoms with E-state index in [4.69, 9.17) is 4.74 Å². The smallest absolute Gasteiger partial charge is 0.122 e. The Morgan fingerprint density at radius 3 is 2.48 bits per heavy atom. The molecule has 1 unspecified atom stereocenters. The molecule has 1 aliphatic carbocycles. The van der Waals surface area contributed by atoms with Crippen molar-refractivity contribution in [3.05, 3.63) is 28.8 Å². The second kappa shape index (κ2) is 7.84. The predicted molar refractivity (Wildman–Crippen MR) is 90.1 cm³/mol. The third-order valence-corrected chi connectivity index (χ3v) is 4.85. The van der Waals surface area contributed by atoms with Gasteiger partial charge in [0.15, 0.2) is 0 Å². The fourth-order valence-corrected chi connectivity index (χ4v) is 3.66. The van der Waals surface area contributed by atoms with E-state index in [2.05, 4.69) is 38.2 Å². The van der Waals surface area contributed by atoms with Gasteiger partial charge in [-0.3, -0.25) is 0 Å². The molecule has 1 atom stereocenters. The van der Waals surface area contributed by atoms with Crippen molar-refractivity contribution in [3.63, 3.8) is 0 Å². The van der Waals surface area contributed by atoms with Crippen LogP contribution in [0.5, 0.6) is 5.75 Å². The molecular formula is C19H31NO. The molecule has 0 aromatic heterocycles. The van der Waals surface area contributed by atoms with Crippen LogP contribution in [-0.2, 0) is 0 Å². The van der Waals surface area contributed by atoms with Crippen LogP contribution in [0.2, 0.25) is 0 Å². The maximum Gasteiger partial charge on any atom is 0.122 e. The quantitative estimate of drug-likeness (QED) is 0.801. The summed E-state index contributed by atoms with van der Waals surface area (Å²) < 4.78 is 5.47. The van der Waals surface area contributed by atoms with E-state index in [-0.39, 0.29) is 0 Å². The average molecular weight is 289 g/mol. The lowest BCUT2D eigenvalue weighted by Gasteiger charge is -2.33. The lowest BCUT2D eigenvalue weighted by Crippen LogP contribution is -2.31. The molecule has 118 valence electrons. The molecule has 0 bridgehead atoms. The molecule has 2 rings (SSSR count). The minimum atomic E-state index is 0.509. The van der Waals surface area contributed by atoms with E-state index in [0.29, 0.717) is 6.04 Å². The fraction of sp³-hybridized carbons (Fsp3) is 0.684. The molecule has 0 heterocycles. The summed E-state index contributed by atoms with van der Waals surface area (Å²) in [5.74, 6) is 1.80. The number of aryl methyl sites for hydroxylation is 2. The molecule has 1 aromatic rings. The zero-order valence-corrected chi connectivity index (χ0v) is 14.2. The van der Waals surface area contributed by atoms with Gasteiger partial charge in [0, 0.05) is 6.04 Å². The van der Waals surface area contributed by atoms with Crippen LogP contribution >= 0.6 is 0 Å². The van der Waals surface area contributed by atoms with Gasteiger partial charge in [0.25, 0.3) is 0 Å². The molecule has 2 heteroatoms. The average Bonchev–Trinajstić information content (AvgIpc) is 2.51. The van der Waals surface area contributed by atoms with Crippen molar-refractivity contribution in [2.75, 3.05) is 13.7 Å². The van der Waals surface area contributed by atoms with Gasteiger partial charge in [0.05, 0.1) is 7.11 Å². The highest BCUT2D eigenvalue weighted by Crippen LogP contribution is 2.37. The molecule has 0 spiro atoms. The van der Waals surface area contributed by atoms with Gasteiger partial charge in [-0.25, -0.2) is 0 Å². The number of benzene rings is 1. The van der Waals surface area contributed by atoms with Gasteiger partial charge in [0.2, 0.25) is 0 Å². The van der Waals surface area contributed by atoms with Gasteiger partial charge in [-0.15, -0.1) is 0 Å². The molecule has 21 heavy (non-hydrogen) atoms. The number of hydrogen-bond donors (Lipinski definition) is 1. The SMILES string of the molecule is CCCNC(c1cc(C)c(OC)cc1C)C1CCCCC1. The number of ether oxygens (including phenoxy) is 1. The third kappa shape index (κ3) is 4.00. The highest BCUT2D eigenvalue weighted by molar-refractivity contribution is 5.43. The van der Waals surface area contributed by atoms with Crippen molar-refractivity contribution in [1.82, 2.24) is 5.32 Å². The molecule has 0 amide bonds. The van der Waals surface area contributed by atoms with Crippen LogP contribution < -0.4 is 10.1 Å². The van der Waals surface area contributed by atoms with Crippen LogP contribution in [0, 0.1) is 19.8 Å². The van der Waals surface area contributed by atoms with Gasteiger partial charge in [0.1, 0.15) is 5.75 Å². The standard InChI is InChI=1S/C19H31NO/c1-5-11-20-19(16-9-7-6-8-10-16)17-12-15(3)18(21-4)13-14(17)2/h12-13,16,19-20H,5-11H2,1-4H3. The van der Waals surface area contributed by atoms with Crippen molar-refractivity contribution in [2.45, 2.75) is 65.3 Å². The number of methoxy groups -OCH3 is 1. The first kappa shape index (κ1) is 16.4. The largest absolute Gasteiger partial charge is 0.496 e. The van der Waals surface area contributed by atoms with Gasteiger partial charge >= 0.3 is 0 Å². The van der Waals surface area contributed by atoms with E-state index >= 15 is 0 Å². The Morgan fingerprint density at radius 1 is 1.14 bits per heavy atom. The van der Waals surface area contributed by atoms with Crippen molar-refractivity contribution in [3.8, 4) is 5.75 Å². The molecule has 2 nitrogen and oxygen atoms in total. The minimum Gasteiger partial charge on any atom is -0.496 e. The van der Waals surface area contributed by atoms with Crippen LogP contribution in [0.25, 0.3) is 0 Å². The van der Waals surface area contributed by atoms with Gasteiger partial charge in [-0.1, -0.05) is 32.3 Å². The van der Waals surface area contributed by atoms with E-state index < -0.39 is 0 Å². The Hall–Kier alpha value is -1.02. The van der Waals surface area contributed by atoms with Crippen molar-refractivity contribution in [1.29, 1.82) is 0 Å². The highest BCUT2D eigenvalue weighted by Gasteiger charge is 2.26. The molecule has 1 fully saturated rings. The number of nitrogens with one attached hydrogen (secondary N) is 1. The van der Waals surface area contributed by atoms with E-state index in [1.165, 1.54) is 55.2 Å². The Bertz CT molecular complexity index is 449. The predicted octanol–water partition coefficient (Wildman–Crippen LogP) is 4.93. The molecule has 1 saturated carbocycles. The summed E-state index contributed by atoms with van der Waals surface area (Å²) in [5, 5.41) is 3.82. The first-order chi connectivity index (χ1) is 10.2. The summed E-state index contributed by atoms with van der Waals surface area (Å²) in [5.41, 5.74) is 4.09. The number of hydrogen-bond acceptors (Lipinski definition) is 2. The molecular weight excluding hydrogens is 258 g/mol. The Kier molecular flexibility index (Phi) is 6.10. The molecule has 1 N–H and O–H groups in total. The maximum atomic E-state index is 5.47. The zero-order chi connectivity index (χ0) is 15.2. The summed E-state index contributed by atoms with van der Waals surface area (Å²) in [4.78, 5) is 0. The van der Waals surface area contributed by atoms with Gasteiger partial charge < -0.3 is 10.1 Å². The molecule has 0 aliphatic heterocycles. The maximum absolute atomic E-state index is 5.47. The van der Waals surface area contributed by atoms with Crippen LogP contribution in [0.3, 0.4) is 0 Å². The molecule has 1 aliphatic rings. The highest BCUT2D eigenvalue weighted by atomic mass is 16.5. The van der Waals surface area contributed by atoms with Crippen LogP contribution in [0.1, 0.15) is 68.2 Å². The van der Waals surface area contributed by atoms with Crippen LogP contribution in [0.15, 0.2) is 12.1 Å². The zero-order valence-electron chi connectivity index (χ0n) is 14.2. The van der Waals surface area contributed by atoms with Crippen LogP contribution in [-0.4, -0.2) is 13.7 Å². The second-order valence-corrected chi connectivity index (χ2v) is 6.51. The summed E-state index contributed by atoms with van der Waals surface area (Å²) in [6.07, 6.45) is 8.12. The van der Waals surface area contributed by atoms with E-state index in [1.54, 1.807) is 7.11 Å². The van der Waals surface area contributed by atoms with Gasteiger partial charge in [-0.2, -0.15) is 0 Å². The fourth-order valence-electron chi connectivity index (χ4n) is 3.66. The normalized spacial score (nSPS) is 17.7. The van der Waals surface area contributed by atoms with Crippen molar-refractivity contribution >= 4 is 0 Å². The summed E-state index contributed by atoms with van der Waals surface area (Å²) in [6.45, 7) is 7.73. The summed E-state index contributed by atoms with van der Waals surface area (Å²) in [6, 6.07) is 5.05. The first-order valence-electron chi connectivity index (χ1n) is 8.55. The number of rotatable bonds is 6. The molecule has 0 radical (unpaired) electrons. The topological polar surface area (TPSA) is 21.3 Å². The molecule has 0 saturated heterocycles. The first-order valence-corrected chi connectivity index (χ1v) is 8.55. The second-order valence-electron chi connectivity index (χ2n) is 6.51. The van der Waals surface area contributed by atoms with Gasteiger partial charge in [-0.05, 0) is 68.3 Å². The summed E-state index contributed by atoms with van der Waals surface area (Å²) in [7, 11) is 1.76. The monoisotopic (exact) mass is 289 g/mol. The van der Waals surface area contributed by atoms with E-state index in [0.717, 1.165) is 18.2 Å². The van der Waals surface area contributed by atoms with E-state index in [1.807, 2.05) is 0 Å². The lowest BCUT2D eigenvalue weighted by molar-refractivity contribution is 0.271. The molecule has 1 aromatic carbocycles. The Morgan fingerprint density at radius 2 is 1.86 bits per heavy atom. The minimum absolute atomic E-state index is 0.509. The summed E-state index contributed by atoms with van der Waals surface area (Å²) >= 11 is 0. The van der Waals surface area contributed by atoms with Crippen LogP contribution in [0.4, 0.5) is 0 Å². The Balaban J connectivity index is 2.28.